The summed E-state index contributed by atoms with van der Waals surface area (Å²) < 4.78 is 5.78. The molecule has 174 valence electrons. The van der Waals surface area contributed by atoms with Gasteiger partial charge in [0.05, 0.1) is 12.1 Å². The summed E-state index contributed by atoms with van der Waals surface area (Å²) in [6.07, 6.45) is 8.60. The van der Waals surface area contributed by atoms with Crippen molar-refractivity contribution in [2.24, 2.45) is 11.8 Å². The average molecular weight is 433 g/mol. The fourth-order valence-electron chi connectivity index (χ4n) is 7.55. The number of fused-ring (bicyclic) bond motifs is 2. The molecule has 7 heteroatoms. The number of piperazine rings is 1. The summed E-state index contributed by atoms with van der Waals surface area (Å²) in [6.45, 7) is 6.15. The predicted octanol–water partition coefficient (Wildman–Crippen LogP) is 1.81. The van der Waals surface area contributed by atoms with Gasteiger partial charge in [0, 0.05) is 44.9 Å². The Morgan fingerprint density at radius 1 is 0.968 bits per heavy atom. The second-order valence-electron chi connectivity index (χ2n) is 10.8. The predicted molar refractivity (Wildman–Crippen MR) is 118 cm³/mol. The van der Waals surface area contributed by atoms with Crippen LogP contribution in [0.25, 0.3) is 0 Å². The molecule has 0 aromatic heterocycles. The van der Waals surface area contributed by atoms with E-state index in [1.165, 1.54) is 25.7 Å². The van der Waals surface area contributed by atoms with Crippen molar-refractivity contribution in [1.29, 1.82) is 0 Å². The van der Waals surface area contributed by atoms with E-state index in [4.69, 9.17) is 4.74 Å². The van der Waals surface area contributed by atoms with Crippen LogP contribution in [-0.4, -0.2) is 89.7 Å². The largest absolute Gasteiger partial charge is 0.368 e. The summed E-state index contributed by atoms with van der Waals surface area (Å²) in [7, 11) is 2.24. The van der Waals surface area contributed by atoms with Gasteiger partial charge in [-0.25, -0.2) is 0 Å². The second kappa shape index (κ2) is 8.64. The molecule has 7 nitrogen and oxygen atoms in total. The second-order valence-corrected chi connectivity index (χ2v) is 10.8. The Morgan fingerprint density at radius 3 is 2.42 bits per heavy atom. The molecule has 2 aliphatic carbocycles. The van der Waals surface area contributed by atoms with E-state index in [9.17, 15) is 9.59 Å². The van der Waals surface area contributed by atoms with Gasteiger partial charge in [-0.05, 0) is 77.2 Å². The molecule has 0 bridgehead atoms. The van der Waals surface area contributed by atoms with E-state index in [1.54, 1.807) is 6.92 Å². The van der Waals surface area contributed by atoms with Crippen LogP contribution in [0.5, 0.6) is 0 Å². The van der Waals surface area contributed by atoms with Crippen LogP contribution in [0.4, 0.5) is 0 Å². The van der Waals surface area contributed by atoms with Crippen molar-refractivity contribution in [2.75, 3.05) is 26.9 Å². The van der Waals surface area contributed by atoms with Gasteiger partial charge in [-0.3, -0.25) is 19.8 Å². The molecule has 5 aliphatic rings. The van der Waals surface area contributed by atoms with Crippen molar-refractivity contribution in [3.8, 4) is 0 Å². The van der Waals surface area contributed by atoms with Gasteiger partial charge in [-0.2, -0.15) is 0 Å². The van der Waals surface area contributed by atoms with Crippen LogP contribution in [0.15, 0.2) is 0 Å². The van der Waals surface area contributed by atoms with E-state index >= 15 is 0 Å². The van der Waals surface area contributed by atoms with Crippen molar-refractivity contribution < 1.29 is 14.3 Å². The molecule has 0 aromatic rings. The first-order valence-corrected chi connectivity index (χ1v) is 12.6. The molecule has 3 saturated heterocycles. The number of rotatable bonds is 2. The highest BCUT2D eigenvalue weighted by Crippen LogP contribution is 2.44. The van der Waals surface area contributed by atoms with E-state index in [1.807, 2.05) is 0 Å². The molecule has 5 fully saturated rings. The zero-order valence-electron chi connectivity index (χ0n) is 19.5. The third kappa shape index (κ3) is 3.91. The van der Waals surface area contributed by atoms with Gasteiger partial charge < -0.3 is 14.5 Å². The highest BCUT2D eigenvalue weighted by molar-refractivity contribution is 5.82. The summed E-state index contributed by atoms with van der Waals surface area (Å²) in [5.74, 6) is 1.71. The Morgan fingerprint density at radius 2 is 1.71 bits per heavy atom. The third-order valence-corrected chi connectivity index (χ3v) is 9.06. The minimum absolute atomic E-state index is 0.0781. The molecule has 0 spiro atoms. The lowest BCUT2D eigenvalue weighted by atomic mass is 9.68. The van der Waals surface area contributed by atoms with Gasteiger partial charge in [0.1, 0.15) is 6.10 Å². The lowest BCUT2D eigenvalue weighted by Gasteiger charge is -2.55. The molecule has 3 heterocycles. The van der Waals surface area contributed by atoms with Crippen molar-refractivity contribution in [3.63, 3.8) is 0 Å². The van der Waals surface area contributed by atoms with Crippen molar-refractivity contribution >= 4 is 11.8 Å². The number of amides is 2. The zero-order valence-corrected chi connectivity index (χ0v) is 19.5. The normalized spacial score (nSPS) is 43.6. The van der Waals surface area contributed by atoms with Gasteiger partial charge in [-0.15, -0.1) is 0 Å². The van der Waals surface area contributed by atoms with Gasteiger partial charge >= 0.3 is 0 Å². The average Bonchev–Trinajstić information content (AvgIpc) is 3.42. The lowest BCUT2D eigenvalue weighted by molar-refractivity contribution is -0.160. The number of ether oxygens (including phenoxy) is 1. The third-order valence-electron chi connectivity index (χ3n) is 9.06. The minimum atomic E-state index is -0.272. The number of carbonyl (C=O) groups excluding carboxylic acids is 2. The summed E-state index contributed by atoms with van der Waals surface area (Å²) in [4.78, 5) is 32.7. The number of nitrogens with one attached hydrogen (secondary N) is 1. The number of carbonyl (C=O) groups is 2. The minimum Gasteiger partial charge on any atom is -0.368 e. The van der Waals surface area contributed by atoms with Crippen molar-refractivity contribution in [2.45, 2.75) is 102 Å². The standard InChI is InChI=1S/C24H40N4O3/c1-15-13-27(24(30)23-5-4-10-31-23)22-12-18(7-9-20(22)28(15)16(2)29)17-6-8-19-21(11-17)26(3)14-25-19/h15,17-23,25H,4-14H2,1-3H3/t15-,17?,18?,19?,20?,21?,22?,23?/m0/s1. The molecular formula is C24H40N4O3. The molecule has 2 saturated carbocycles. The Bertz CT molecular complexity index is 696. The van der Waals surface area contributed by atoms with E-state index in [0.29, 0.717) is 31.2 Å². The van der Waals surface area contributed by atoms with Gasteiger partial charge in [0.15, 0.2) is 0 Å². The van der Waals surface area contributed by atoms with Crippen LogP contribution in [0, 0.1) is 11.8 Å². The van der Waals surface area contributed by atoms with Crippen LogP contribution < -0.4 is 5.32 Å². The van der Waals surface area contributed by atoms with E-state index < -0.39 is 0 Å². The summed E-state index contributed by atoms with van der Waals surface area (Å²) in [6, 6.07) is 1.69. The molecule has 2 amide bonds. The topological polar surface area (TPSA) is 65.1 Å². The number of likely N-dealkylation sites (N-methyl/N-ethyl adjacent to an activating group) is 1. The molecular weight excluding hydrogens is 392 g/mol. The fraction of sp³-hybridized carbons (Fsp3) is 0.917. The summed E-state index contributed by atoms with van der Waals surface area (Å²) in [5, 5.41) is 3.67. The highest BCUT2D eigenvalue weighted by atomic mass is 16.5. The Kier molecular flexibility index (Phi) is 6.03. The first-order valence-electron chi connectivity index (χ1n) is 12.6. The fourth-order valence-corrected chi connectivity index (χ4v) is 7.55. The van der Waals surface area contributed by atoms with Crippen LogP contribution in [0.2, 0.25) is 0 Å². The smallest absolute Gasteiger partial charge is 0.252 e. The van der Waals surface area contributed by atoms with E-state index in [0.717, 1.165) is 38.3 Å². The SMILES string of the molecule is CC(=O)N1C2CCC(C3CCC4NCN(C)C4C3)CC2N(C(=O)C2CCCO2)C[C@@H]1C. The summed E-state index contributed by atoms with van der Waals surface area (Å²) in [5.41, 5.74) is 0. The highest BCUT2D eigenvalue weighted by Gasteiger charge is 2.49. The van der Waals surface area contributed by atoms with Crippen molar-refractivity contribution in [1.82, 2.24) is 20.0 Å². The number of hydrogen-bond donors (Lipinski definition) is 1. The molecule has 0 aromatic carbocycles. The summed E-state index contributed by atoms with van der Waals surface area (Å²) >= 11 is 0. The maximum atomic E-state index is 13.4. The first-order chi connectivity index (χ1) is 14.9. The van der Waals surface area contributed by atoms with Crippen LogP contribution in [0.1, 0.15) is 65.2 Å². The molecule has 31 heavy (non-hydrogen) atoms. The Labute approximate surface area is 186 Å². The van der Waals surface area contributed by atoms with Crippen molar-refractivity contribution in [3.05, 3.63) is 0 Å². The quantitative estimate of drug-likeness (QED) is 0.721. The Hall–Kier alpha value is -1.18. The lowest BCUT2D eigenvalue weighted by Crippen LogP contribution is -2.68. The number of nitrogens with zero attached hydrogens (tertiary/aromatic N) is 3. The van der Waals surface area contributed by atoms with E-state index in [-0.39, 0.29) is 36.0 Å². The van der Waals surface area contributed by atoms with Gasteiger partial charge in [0.25, 0.3) is 5.91 Å². The molecule has 8 atom stereocenters. The molecule has 1 N–H and O–H groups in total. The monoisotopic (exact) mass is 432 g/mol. The van der Waals surface area contributed by atoms with Gasteiger partial charge in [-0.1, -0.05) is 0 Å². The maximum Gasteiger partial charge on any atom is 0.252 e. The molecule has 5 rings (SSSR count). The van der Waals surface area contributed by atoms with Crippen LogP contribution in [0.3, 0.4) is 0 Å². The number of hydrogen-bond acceptors (Lipinski definition) is 5. The Balaban J connectivity index is 1.34. The van der Waals surface area contributed by atoms with Crippen LogP contribution >= 0.6 is 0 Å². The van der Waals surface area contributed by atoms with Gasteiger partial charge in [0.2, 0.25) is 5.91 Å². The van der Waals surface area contributed by atoms with Crippen LogP contribution in [-0.2, 0) is 14.3 Å². The first kappa shape index (κ1) is 21.7. The van der Waals surface area contributed by atoms with E-state index in [2.05, 4.69) is 34.0 Å². The zero-order chi connectivity index (χ0) is 21.7. The molecule has 7 unspecified atom stereocenters. The molecule has 0 radical (unpaired) electrons. The molecule has 3 aliphatic heterocycles. The maximum absolute atomic E-state index is 13.4.